The van der Waals surface area contributed by atoms with Gasteiger partial charge < -0.3 is 5.32 Å². The van der Waals surface area contributed by atoms with Gasteiger partial charge in [-0.2, -0.15) is 9.40 Å². The van der Waals surface area contributed by atoms with Crippen molar-refractivity contribution in [3.8, 4) is 16.3 Å². The third-order valence-electron chi connectivity index (χ3n) is 5.52. The topological polar surface area (TPSA) is 84.3 Å². The van der Waals surface area contributed by atoms with Crippen molar-refractivity contribution < 1.29 is 13.2 Å². The Kier molecular flexibility index (Phi) is 6.97. The average Bonchev–Trinajstić information content (AvgIpc) is 3.52. The van der Waals surface area contributed by atoms with Crippen molar-refractivity contribution in [3.05, 3.63) is 83.4 Å². The van der Waals surface area contributed by atoms with Gasteiger partial charge in [0.05, 0.1) is 15.5 Å². The quantitative estimate of drug-likeness (QED) is 0.365. The summed E-state index contributed by atoms with van der Waals surface area (Å²) in [6.45, 7) is 6.17. The first kappa shape index (κ1) is 23.9. The van der Waals surface area contributed by atoms with Crippen LogP contribution in [0.25, 0.3) is 16.3 Å². The number of aromatic nitrogens is 2. The van der Waals surface area contributed by atoms with Crippen LogP contribution in [0.2, 0.25) is 0 Å². The molecule has 0 atom stereocenters. The Morgan fingerprint density at radius 2 is 1.76 bits per heavy atom. The van der Waals surface area contributed by atoms with Crippen molar-refractivity contribution in [1.29, 1.82) is 0 Å². The van der Waals surface area contributed by atoms with E-state index in [0.717, 1.165) is 16.1 Å². The van der Waals surface area contributed by atoms with Crippen LogP contribution >= 0.6 is 11.3 Å². The number of rotatable bonds is 8. The van der Waals surface area contributed by atoms with Crippen LogP contribution in [-0.4, -0.2) is 41.5 Å². The van der Waals surface area contributed by atoms with Gasteiger partial charge >= 0.3 is 0 Å². The number of nitrogens with one attached hydrogen (secondary N) is 1. The number of nitrogens with zero attached hydrogens (tertiary/aromatic N) is 3. The molecule has 0 spiro atoms. The van der Waals surface area contributed by atoms with E-state index < -0.39 is 10.0 Å². The van der Waals surface area contributed by atoms with E-state index in [1.54, 1.807) is 48.1 Å². The third-order valence-corrected chi connectivity index (χ3v) is 8.46. The summed E-state index contributed by atoms with van der Waals surface area (Å²) in [5.74, 6) is -0.375. The molecule has 0 bridgehead atoms. The Balaban J connectivity index is 1.72. The lowest BCUT2D eigenvalue weighted by atomic mass is 10.2. The molecule has 7 nitrogen and oxygen atoms in total. The molecule has 2 heterocycles. The predicted octanol–water partition coefficient (Wildman–Crippen LogP) is 5.19. The summed E-state index contributed by atoms with van der Waals surface area (Å²) in [4.78, 5) is 14.5. The summed E-state index contributed by atoms with van der Waals surface area (Å²) in [5, 5.41) is 9.54. The molecule has 9 heteroatoms. The molecule has 0 unspecified atom stereocenters. The maximum atomic E-state index is 13.4. The summed E-state index contributed by atoms with van der Waals surface area (Å²) >= 11 is 1.54. The number of aryl methyl sites for hydroxylation is 1. The van der Waals surface area contributed by atoms with Crippen LogP contribution in [0.5, 0.6) is 0 Å². The van der Waals surface area contributed by atoms with Crippen LogP contribution in [0.15, 0.2) is 77.0 Å². The fourth-order valence-electron chi connectivity index (χ4n) is 3.65. The molecule has 0 radical (unpaired) electrons. The molecule has 0 fully saturated rings. The molecular formula is C25H26N4O3S2. The van der Waals surface area contributed by atoms with Crippen molar-refractivity contribution >= 4 is 33.0 Å². The summed E-state index contributed by atoms with van der Waals surface area (Å²) in [7, 11) is -3.65. The highest BCUT2D eigenvalue weighted by molar-refractivity contribution is 7.89. The van der Waals surface area contributed by atoms with Crippen LogP contribution in [0.4, 0.5) is 5.69 Å². The molecule has 1 N–H and O–H groups in total. The van der Waals surface area contributed by atoms with Gasteiger partial charge in [-0.05, 0) is 54.3 Å². The van der Waals surface area contributed by atoms with Crippen LogP contribution in [0, 0.1) is 6.92 Å². The zero-order valence-electron chi connectivity index (χ0n) is 19.2. The molecule has 176 valence electrons. The number of hydrogen-bond acceptors (Lipinski definition) is 5. The first-order valence-corrected chi connectivity index (χ1v) is 13.3. The second-order valence-corrected chi connectivity index (χ2v) is 10.5. The van der Waals surface area contributed by atoms with E-state index in [1.165, 1.54) is 10.4 Å². The van der Waals surface area contributed by atoms with Gasteiger partial charge in [-0.15, -0.1) is 11.3 Å². The van der Waals surface area contributed by atoms with Crippen LogP contribution in [0.3, 0.4) is 0 Å². The fourth-order valence-corrected chi connectivity index (χ4v) is 5.81. The van der Waals surface area contributed by atoms with Gasteiger partial charge in [0, 0.05) is 18.8 Å². The Morgan fingerprint density at radius 3 is 2.41 bits per heavy atom. The van der Waals surface area contributed by atoms with E-state index in [4.69, 9.17) is 0 Å². The van der Waals surface area contributed by atoms with E-state index in [-0.39, 0.29) is 10.8 Å². The predicted molar refractivity (Wildman–Crippen MR) is 136 cm³/mol. The molecule has 0 aliphatic carbocycles. The molecule has 0 aliphatic heterocycles. The second kappa shape index (κ2) is 9.92. The average molecular weight is 495 g/mol. The van der Waals surface area contributed by atoms with Crippen LogP contribution in [0.1, 0.15) is 29.9 Å². The van der Waals surface area contributed by atoms with E-state index in [1.807, 2.05) is 54.8 Å². The molecule has 34 heavy (non-hydrogen) atoms. The number of thiophene rings is 1. The van der Waals surface area contributed by atoms with Crippen LogP contribution in [-0.2, 0) is 10.0 Å². The second-order valence-electron chi connectivity index (χ2n) is 7.66. The number of carbonyl (C=O) groups excluding carboxylic acids is 1. The Bertz CT molecular complexity index is 1390. The Labute approximate surface area is 203 Å². The van der Waals surface area contributed by atoms with Gasteiger partial charge in [-0.1, -0.05) is 44.2 Å². The zero-order valence-corrected chi connectivity index (χ0v) is 20.9. The number of anilines is 1. The molecule has 1 amide bonds. The monoisotopic (exact) mass is 494 g/mol. The van der Waals surface area contributed by atoms with Crippen molar-refractivity contribution in [1.82, 2.24) is 14.1 Å². The normalized spacial score (nSPS) is 11.6. The smallest absolute Gasteiger partial charge is 0.274 e. The lowest BCUT2D eigenvalue weighted by molar-refractivity contribution is 0.101. The molecule has 4 aromatic rings. The van der Waals surface area contributed by atoms with Crippen molar-refractivity contribution in [2.45, 2.75) is 25.7 Å². The van der Waals surface area contributed by atoms with E-state index in [2.05, 4.69) is 10.4 Å². The maximum absolute atomic E-state index is 13.4. The molecule has 0 aliphatic rings. The summed E-state index contributed by atoms with van der Waals surface area (Å²) in [6.07, 6.45) is 0. The first-order chi connectivity index (χ1) is 16.3. The van der Waals surface area contributed by atoms with Crippen LogP contribution < -0.4 is 5.32 Å². The highest BCUT2D eigenvalue weighted by Gasteiger charge is 2.24. The number of benzene rings is 2. The minimum atomic E-state index is -3.65. The lowest BCUT2D eigenvalue weighted by Crippen LogP contribution is -2.30. The van der Waals surface area contributed by atoms with Gasteiger partial charge in [0.15, 0.2) is 0 Å². The third kappa shape index (κ3) is 4.68. The molecule has 0 saturated heterocycles. The van der Waals surface area contributed by atoms with Gasteiger partial charge in [-0.3, -0.25) is 4.79 Å². The summed E-state index contributed by atoms with van der Waals surface area (Å²) in [6, 6.07) is 19.9. The molecule has 2 aromatic heterocycles. The number of hydrogen-bond donors (Lipinski definition) is 1. The summed E-state index contributed by atoms with van der Waals surface area (Å²) < 4.78 is 29.0. The van der Waals surface area contributed by atoms with Gasteiger partial charge in [0.1, 0.15) is 11.4 Å². The minimum absolute atomic E-state index is 0.146. The van der Waals surface area contributed by atoms with Gasteiger partial charge in [0.25, 0.3) is 5.91 Å². The van der Waals surface area contributed by atoms with Crippen molar-refractivity contribution in [2.75, 3.05) is 18.4 Å². The van der Waals surface area contributed by atoms with Gasteiger partial charge in [-0.25, -0.2) is 13.1 Å². The van der Waals surface area contributed by atoms with Crippen molar-refractivity contribution in [2.24, 2.45) is 0 Å². The van der Waals surface area contributed by atoms with E-state index >= 15 is 0 Å². The maximum Gasteiger partial charge on any atom is 0.274 e. The van der Waals surface area contributed by atoms with E-state index in [0.29, 0.717) is 30.2 Å². The Morgan fingerprint density at radius 1 is 1.03 bits per heavy atom. The zero-order chi connectivity index (χ0) is 24.3. The number of carbonyl (C=O) groups is 1. The number of amides is 1. The number of para-hydroxylation sites is 1. The van der Waals surface area contributed by atoms with Gasteiger partial charge in [0.2, 0.25) is 10.0 Å². The highest BCUT2D eigenvalue weighted by Crippen LogP contribution is 2.27. The van der Waals surface area contributed by atoms with E-state index in [9.17, 15) is 13.2 Å². The lowest BCUT2D eigenvalue weighted by Gasteiger charge is -2.19. The minimum Gasteiger partial charge on any atom is -0.320 e. The standard InChI is InChI=1S/C25H26N4O3S2/c1-4-28(5-2)34(31,32)20-14-13-18(3)21(16-20)26-25(30)23-17-22(24-12-9-15-33-24)27-29(23)19-10-7-6-8-11-19/h6-17H,4-5H2,1-3H3,(H,26,30). The van der Waals surface area contributed by atoms with Crippen molar-refractivity contribution in [3.63, 3.8) is 0 Å². The molecule has 0 saturated carbocycles. The largest absolute Gasteiger partial charge is 0.320 e. The SMILES string of the molecule is CCN(CC)S(=O)(=O)c1ccc(C)c(NC(=O)c2cc(-c3cccs3)nn2-c2ccccc2)c1. The molecular weight excluding hydrogens is 468 g/mol. The highest BCUT2D eigenvalue weighted by atomic mass is 32.2. The fraction of sp³-hybridized carbons (Fsp3) is 0.200. The number of sulfonamides is 1. The first-order valence-electron chi connectivity index (χ1n) is 11.0. The summed E-state index contributed by atoms with van der Waals surface area (Å²) in [5.41, 5.74) is 3.00. The molecule has 4 rings (SSSR count). The Hall–Kier alpha value is -3.27. The molecule has 2 aromatic carbocycles.